The van der Waals surface area contributed by atoms with Crippen molar-refractivity contribution in [2.24, 2.45) is 0 Å². The second-order valence-electron chi connectivity index (χ2n) is 1.20. The molecule has 1 nitrogen and oxygen atoms in total. The Balaban J connectivity index is 0. The summed E-state index contributed by atoms with van der Waals surface area (Å²) in [6.45, 7) is 6.39. The van der Waals surface area contributed by atoms with Crippen LogP contribution in [0.3, 0.4) is 0 Å². The third-order valence-corrected chi connectivity index (χ3v) is 0.500. The maximum atomic E-state index is 3.24. The van der Waals surface area contributed by atoms with Gasteiger partial charge in [-0.1, -0.05) is 13.8 Å². The molecule has 0 spiro atoms. The molecule has 0 aliphatic heterocycles. The molecule has 1 N–H and O–H groups in total. The van der Waals surface area contributed by atoms with Crippen molar-refractivity contribution < 1.29 is 0 Å². The van der Waals surface area contributed by atoms with E-state index in [1.165, 1.54) is 0 Å². The third kappa shape index (κ3) is 40.4. The van der Waals surface area contributed by atoms with Gasteiger partial charge in [-0.2, -0.15) is 42.2 Å². The van der Waals surface area contributed by atoms with Gasteiger partial charge in [0.15, 0.2) is 0 Å². The quantitative estimate of drug-likeness (QED) is 0.763. The van der Waals surface area contributed by atoms with Gasteiger partial charge in [0.05, 0.1) is 0 Å². The highest BCUT2D eigenvalue weighted by atomic mass is 80.0. The van der Waals surface area contributed by atoms with Crippen LogP contribution in [-0.4, -0.2) is 21.8 Å². The largest absolute Gasteiger partial charge is 0.542 e. The summed E-state index contributed by atoms with van der Waals surface area (Å²) in [5.74, 6) is 0. The summed E-state index contributed by atoms with van der Waals surface area (Å²) in [5, 5.41) is 3.11. The van der Waals surface area contributed by atoms with Gasteiger partial charge in [0, 0.05) is 0 Å². The predicted molar refractivity (Wildman–Crippen MR) is 56.8 cm³/mol. The molecule has 0 fully saturated rings. The van der Waals surface area contributed by atoms with Gasteiger partial charge in [0.25, 0.3) is 0 Å². The molecule has 5 heteroatoms. The molecule has 0 saturated heterocycles. The molecule has 9 heavy (non-hydrogen) atoms. The average molecular weight is 340 g/mol. The van der Waals surface area contributed by atoms with Crippen molar-refractivity contribution in [3.8, 4) is 0 Å². The lowest BCUT2D eigenvalue weighted by molar-refractivity contribution is 0.762. The Morgan fingerprint density at radius 2 is 1.33 bits per heavy atom. The molecular weight excluding hydrogens is 329 g/mol. The van der Waals surface area contributed by atoms with E-state index in [-0.39, 0.29) is 0 Å². The first-order valence-electron chi connectivity index (χ1n) is 2.78. The number of nitrogens with one attached hydrogen (secondary N) is 1. The topological polar surface area (TPSA) is 12.0 Å². The summed E-state index contributed by atoms with van der Waals surface area (Å²) in [6.07, 6.45) is 0. The molecular formula is C4H11AlBr3N. The van der Waals surface area contributed by atoms with Gasteiger partial charge in [-0.05, 0) is 13.1 Å². The summed E-state index contributed by atoms with van der Waals surface area (Å²) in [6, 6.07) is 0. The summed E-state index contributed by atoms with van der Waals surface area (Å²) in [5.41, 5.74) is 0. The van der Waals surface area contributed by atoms with Crippen LogP contribution in [0.5, 0.6) is 0 Å². The number of halogens is 3. The minimum absolute atomic E-state index is 0.701. The van der Waals surface area contributed by atoms with Crippen LogP contribution in [0.4, 0.5) is 0 Å². The standard InChI is InChI=1S/C4H11N.Al.3BrH/c1-3-5-4-2;;;;/h5H,3-4H2,1-2H3;;3*1H/q;+3;;;/p-3. The highest BCUT2D eigenvalue weighted by molar-refractivity contribution is 9.69. The Morgan fingerprint density at radius 1 is 1.11 bits per heavy atom. The monoisotopic (exact) mass is 337 g/mol. The zero-order chi connectivity index (χ0) is 7.70. The molecule has 0 aliphatic carbocycles. The van der Waals surface area contributed by atoms with Crippen molar-refractivity contribution in [2.45, 2.75) is 13.8 Å². The molecule has 0 aromatic heterocycles. The number of rotatable bonds is 2. The summed E-state index contributed by atoms with van der Waals surface area (Å²) in [7, 11) is -0.701. The predicted octanol–water partition coefficient (Wildman–Crippen LogP) is 2.77. The third-order valence-electron chi connectivity index (χ3n) is 0.500. The maximum absolute atomic E-state index is 3.24. The van der Waals surface area contributed by atoms with E-state index in [0.717, 1.165) is 13.1 Å². The number of hydrogen-bond acceptors (Lipinski definition) is 1. The molecule has 0 bridgehead atoms. The van der Waals surface area contributed by atoms with E-state index in [2.05, 4.69) is 61.3 Å². The van der Waals surface area contributed by atoms with Crippen molar-refractivity contribution in [3.63, 3.8) is 0 Å². The van der Waals surface area contributed by atoms with E-state index in [4.69, 9.17) is 0 Å². The minimum atomic E-state index is -0.701. The highest BCUT2D eigenvalue weighted by Gasteiger charge is 1.95. The van der Waals surface area contributed by atoms with Gasteiger partial charge < -0.3 is 5.32 Å². The van der Waals surface area contributed by atoms with Crippen molar-refractivity contribution in [1.82, 2.24) is 5.32 Å². The van der Waals surface area contributed by atoms with E-state index in [0.29, 0.717) is 0 Å². The normalized spacial score (nSPS) is 7.67. The second-order valence-corrected chi connectivity index (χ2v) is 21.0. The van der Waals surface area contributed by atoms with Gasteiger partial charge in [-0.15, -0.1) is 0 Å². The summed E-state index contributed by atoms with van der Waals surface area (Å²) in [4.78, 5) is 0. The van der Waals surface area contributed by atoms with Crippen LogP contribution in [0.15, 0.2) is 0 Å². The van der Waals surface area contributed by atoms with E-state index in [9.17, 15) is 0 Å². The zero-order valence-electron chi connectivity index (χ0n) is 5.63. The maximum Gasteiger partial charge on any atom is 0.542 e. The summed E-state index contributed by atoms with van der Waals surface area (Å²) < 4.78 is 0. The molecule has 0 radical (unpaired) electrons. The molecule has 0 atom stereocenters. The Labute approximate surface area is 82.3 Å². The van der Waals surface area contributed by atoms with Crippen molar-refractivity contribution in [2.75, 3.05) is 13.1 Å². The van der Waals surface area contributed by atoms with Gasteiger partial charge in [-0.25, -0.2) is 0 Å². The fourth-order valence-corrected chi connectivity index (χ4v) is 0.250. The van der Waals surface area contributed by atoms with Crippen LogP contribution in [0.1, 0.15) is 13.8 Å². The first kappa shape index (κ1) is 13.5. The first-order chi connectivity index (χ1) is 4.15. The SMILES string of the molecule is CCNCC.[Br][Al]([Br])[Br]. The molecule has 0 amide bonds. The Bertz CT molecular complexity index is 40.0. The number of hydrogen-bond donors (Lipinski definition) is 1. The smallest absolute Gasteiger partial charge is 0.317 e. The van der Waals surface area contributed by atoms with Crippen LogP contribution >= 0.6 is 42.2 Å². The van der Waals surface area contributed by atoms with Crippen molar-refractivity contribution in [1.29, 1.82) is 0 Å². The van der Waals surface area contributed by atoms with Crippen LogP contribution in [-0.2, 0) is 0 Å². The highest BCUT2D eigenvalue weighted by Crippen LogP contribution is 2.07. The van der Waals surface area contributed by atoms with E-state index in [1.807, 2.05) is 0 Å². The van der Waals surface area contributed by atoms with Crippen LogP contribution in [0.25, 0.3) is 0 Å². The molecule has 56 valence electrons. The zero-order valence-corrected chi connectivity index (χ0v) is 11.5. The van der Waals surface area contributed by atoms with Crippen LogP contribution < -0.4 is 5.32 Å². The molecule has 0 aliphatic rings. The lowest BCUT2D eigenvalue weighted by Crippen LogP contribution is -2.09. The van der Waals surface area contributed by atoms with E-state index in [1.54, 1.807) is 0 Å². The van der Waals surface area contributed by atoms with Crippen molar-refractivity contribution in [3.05, 3.63) is 0 Å². The Hall–Kier alpha value is 1.93. The molecule has 0 saturated carbocycles. The van der Waals surface area contributed by atoms with Gasteiger partial charge in [-0.3, -0.25) is 0 Å². The lowest BCUT2D eigenvalue weighted by atomic mass is 10.7. The fourth-order valence-electron chi connectivity index (χ4n) is 0.250. The lowest BCUT2D eigenvalue weighted by Gasteiger charge is -1.86. The first-order valence-corrected chi connectivity index (χ1v) is 12.3. The fraction of sp³-hybridized carbons (Fsp3) is 1.00. The average Bonchev–Trinajstić information content (AvgIpc) is 1.66. The molecule has 0 aromatic carbocycles. The van der Waals surface area contributed by atoms with Crippen LogP contribution in [0.2, 0.25) is 0 Å². The molecule has 0 heterocycles. The van der Waals surface area contributed by atoms with E-state index < -0.39 is 8.67 Å². The van der Waals surface area contributed by atoms with Crippen LogP contribution in [0, 0.1) is 0 Å². The van der Waals surface area contributed by atoms with Gasteiger partial charge >= 0.3 is 8.67 Å². The molecule has 0 aromatic rings. The minimum Gasteiger partial charge on any atom is -0.317 e. The Morgan fingerprint density at radius 3 is 1.33 bits per heavy atom. The molecule has 0 unspecified atom stereocenters. The van der Waals surface area contributed by atoms with E-state index >= 15 is 0 Å². The van der Waals surface area contributed by atoms with Gasteiger partial charge in [0.2, 0.25) is 0 Å². The van der Waals surface area contributed by atoms with Gasteiger partial charge in [0.1, 0.15) is 0 Å². The summed E-state index contributed by atoms with van der Waals surface area (Å²) >= 11 is 9.73. The van der Waals surface area contributed by atoms with Crippen molar-refractivity contribution >= 4 is 50.8 Å². The second kappa shape index (κ2) is 12.6. The molecule has 0 rings (SSSR count). The Kier molecular flexibility index (Phi) is 18.9.